The van der Waals surface area contributed by atoms with Gasteiger partial charge >= 0.3 is 0 Å². The second-order valence-electron chi connectivity index (χ2n) is 8.77. The largest absolute Gasteiger partial charge is 0.366 e. The van der Waals surface area contributed by atoms with E-state index in [9.17, 15) is 9.59 Å². The maximum Gasteiger partial charge on any atom is 0.278 e. The summed E-state index contributed by atoms with van der Waals surface area (Å²) in [5.41, 5.74) is 4.06. The van der Waals surface area contributed by atoms with E-state index in [-0.39, 0.29) is 18.4 Å². The highest BCUT2D eigenvalue weighted by Gasteiger charge is 2.42. The van der Waals surface area contributed by atoms with Crippen molar-refractivity contribution in [2.24, 2.45) is 5.92 Å². The SMILES string of the molecule is O=C1C(c2ccccc2)=C(N2CCC(Cc3ccccc3)CC2)C(=O)N1Cc1cccnc1. The molecule has 1 saturated heterocycles. The molecule has 0 unspecified atom stereocenters. The molecule has 3 heterocycles. The first-order valence-corrected chi connectivity index (χ1v) is 11.5. The fourth-order valence-electron chi connectivity index (χ4n) is 4.85. The third-order valence-corrected chi connectivity index (χ3v) is 6.57. The van der Waals surface area contributed by atoms with Crippen LogP contribution in [0.2, 0.25) is 0 Å². The van der Waals surface area contributed by atoms with Gasteiger partial charge in [-0.25, -0.2) is 0 Å². The number of carbonyl (C=O) groups excluding carboxylic acids is 2. The molecule has 0 N–H and O–H groups in total. The number of rotatable bonds is 6. The first-order chi connectivity index (χ1) is 16.2. The van der Waals surface area contributed by atoms with Gasteiger partial charge in [-0.15, -0.1) is 0 Å². The number of hydrogen-bond acceptors (Lipinski definition) is 4. The van der Waals surface area contributed by atoms with Gasteiger partial charge in [-0.1, -0.05) is 66.7 Å². The number of carbonyl (C=O) groups is 2. The highest BCUT2D eigenvalue weighted by atomic mass is 16.2. The standard InChI is InChI=1S/C28H27N3O2/c32-27-25(24-11-5-2-6-12-24)26(28(33)31(27)20-23-10-7-15-29-19-23)30-16-13-22(14-17-30)18-21-8-3-1-4-9-21/h1-12,15,19,22H,13-14,16-18,20H2. The molecule has 2 aromatic carbocycles. The van der Waals surface area contributed by atoms with E-state index in [1.54, 1.807) is 12.4 Å². The van der Waals surface area contributed by atoms with Crippen LogP contribution in [0.25, 0.3) is 5.57 Å². The molecule has 33 heavy (non-hydrogen) atoms. The van der Waals surface area contributed by atoms with E-state index in [2.05, 4.69) is 34.1 Å². The molecule has 5 rings (SSSR count). The molecule has 2 aliphatic rings. The highest BCUT2D eigenvalue weighted by molar-refractivity contribution is 6.35. The first kappa shape index (κ1) is 21.1. The van der Waals surface area contributed by atoms with Crippen molar-refractivity contribution in [1.82, 2.24) is 14.8 Å². The van der Waals surface area contributed by atoms with Crippen LogP contribution in [0.1, 0.15) is 29.5 Å². The minimum absolute atomic E-state index is 0.204. The highest BCUT2D eigenvalue weighted by Crippen LogP contribution is 2.35. The van der Waals surface area contributed by atoms with Crippen molar-refractivity contribution in [3.8, 4) is 0 Å². The molecule has 5 nitrogen and oxygen atoms in total. The quantitative estimate of drug-likeness (QED) is 0.539. The molecule has 2 aliphatic heterocycles. The van der Waals surface area contributed by atoms with E-state index >= 15 is 0 Å². The van der Waals surface area contributed by atoms with Gasteiger partial charge in [0, 0.05) is 25.5 Å². The van der Waals surface area contributed by atoms with Gasteiger partial charge in [0.2, 0.25) is 0 Å². The van der Waals surface area contributed by atoms with E-state index in [1.807, 2.05) is 48.5 Å². The van der Waals surface area contributed by atoms with Gasteiger partial charge in [0.05, 0.1) is 12.1 Å². The number of amides is 2. The van der Waals surface area contributed by atoms with Crippen LogP contribution in [0.3, 0.4) is 0 Å². The van der Waals surface area contributed by atoms with Crippen molar-refractivity contribution in [2.75, 3.05) is 13.1 Å². The fourth-order valence-corrected chi connectivity index (χ4v) is 4.85. The molecule has 166 valence electrons. The van der Waals surface area contributed by atoms with E-state index < -0.39 is 0 Å². The van der Waals surface area contributed by atoms with E-state index in [4.69, 9.17) is 0 Å². The Labute approximate surface area is 194 Å². The van der Waals surface area contributed by atoms with Crippen LogP contribution in [-0.4, -0.2) is 39.7 Å². The van der Waals surface area contributed by atoms with Crippen LogP contribution >= 0.6 is 0 Å². The normalized spacial score (nSPS) is 17.2. The third kappa shape index (κ3) is 4.44. The average Bonchev–Trinajstić information content (AvgIpc) is 3.11. The molecule has 1 aromatic heterocycles. The summed E-state index contributed by atoms with van der Waals surface area (Å²) in [5, 5.41) is 0. The summed E-state index contributed by atoms with van der Waals surface area (Å²) in [6.07, 6.45) is 6.46. The van der Waals surface area contributed by atoms with Gasteiger partial charge in [0.1, 0.15) is 5.70 Å². The number of aromatic nitrogens is 1. The van der Waals surface area contributed by atoms with Crippen LogP contribution in [0.4, 0.5) is 0 Å². The topological polar surface area (TPSA) is 53.5 Å². The van der Waals surface area contributed by atoms with Gasteiger partial charge in [-0.05, 0) is 47.9 Å². The van der Waals surface area contributed by atoms with Gasteiger partial charge in [0.25, 0.3) is 11.8 Å². The second kappa shape index (κ2) is 9.41. The summed E-state index contributed by atoms with van der Waals surface area (Å²) in [7, 11) is 0. The molecule has 0 aliphatic carbocycles. The van der Waals surface area contributed by atoms with Gasteiger partial charge in [-0.2, -0.15) is 0 Å². The number of benzene rings is 2. The smallest absolute Gasteiger partial charge is 0.278 e. The Kier molecular flexibility index (Phi) is 6.03. The molecule has 2 amide bonds. The summed E-state index contributed by atoms with van der Waals surface area (Å²) in [6.45, 7) is 1.79. The van der Waals surface area contributed by atoms with Gasteiger partial charge in [0.15, 0.2) is 0 Å². The predicted octanol–water partition coefficient (Wildman–Crippen LogP) is 4.32. The predicted molar refractivity (Wildman–Crippen MR) is 128 cm³/mol. The third-order valence-electron chi connectivity index (χ3n) is 6.57. The lowest BCUT2D eigenvalue weighted by Crippen LogP contribution is -2.38. The van der Waals surface area contributed by atoms with Crippen molar-refractivity contribution in [1.29, 1.82) is 0 Å². The Morgan fingerprint density at radius 3 is 2.12 bits per heavy atom. The van der Waals surface area contributed by atoms with Crippen molar-refractivity contribution in [3.63, 3.8) is 0 Å². The van der Waals surface area contributed by atoms with Crippen LogP contribution in [0.5, 0.6) is 0 Å². The monoisotopic (exact) mass is 437 g/mol. The lowest BCUT2D eigenvalue weighted by molar-refractivity contribution is -0.138. The summed E-state index contributed by atoms with van der Waals surface area (Å²) in [6, 6.07) is 23.9. The number of pyridine rings is 1. The molecular formula is C28H27N3O2. The maximum absolute atomic E-state index is 13.6. The van der Waals surface area contributed by atoms with Crippen LogP contribution < -0.4 is 0 Å². The number of imide groups is 1. The maximum atomic E-state index is 13.6. The minimum Gasteiger partial charge on any atom is -0.366 e. The minimum atomic E-state index is -0.225. The van der Waals surface area contributed by atoms with Crippen LogP contribution in [-0.2, 0) is 22.6 Å². The van der Waals surface area contributed by atoms with Gasteiger partial charge < -0.3 is 4.90 Å². The molecule has 0 spiro atoms. The Morgan fingerprint density at radius 2 is 1.45 bits per heavy atom. The van der Waals surface area contributed by atoms with Crippen LogP contribution in [0.15, 0.2) is 90.9 Å². The number of hydrogen-bond donors (Lipinski definition) is 0. The van der Waals surface area contributed by atoms with Crippen molar-refractivity contribution < 1.29 is 9.59 Å². The molecule has 0 radical (unpaired) electrons. The molecule has 0 atom stereocenters. The van der Waals surface area contributed by atoms with Crippen molar-refractivity contribution in [2.45, 2.75) is 25.8 Å². The number of likely N-dealkylation sites (tertiary alicyclic amines) is 1. The zero-order chi connectivity index (χ0) is 22.6. The molecule has 5 heteroatoms. The summed E-state index contributed by atoms with van der Waals surface area (Å²) >= 11 is 0. The first-order valence-electron chi connectivity index (χ1n) is 11.5. The average molecular weight is 438 g/mol. The summed E-state index contributed by atoms with van der Waals surface area (Å²) < 4.78 is 0. The molecule has 0 saturated carbocycles. The summed E-state index contributed by atoms with van der Waals surface area (Å²) in [5.74, 6) is 0.156. The lowest BCUT2D eigenvalue weighted by Gasteiger charge is -2.34. The molecule has 3 aromatic rings. The Bertz CT molecular complexity index is 1150. The van der Waals surface area contributed by atoms with Crippen molar-refractivity contribution in [3.05, 3.63) is 108 Å². The Balaban J connectivity index is 1.39. The zero-order valence-corrected chi connectivity index (χ0v) is 18.6. The van der Waals surface area contributed by atoms with Gasteiger partial charge in [-0.3, -0.25) is 19.5 Å². The van der Waals surface area contributed by atoms with E-state index in [1.165, 1.54) is 10.5 Å². The molecular weight excluding hydrogens is 410 g/mol. The molecule has 0 bridgehead atoms. The van der Waals surface area contributed by atoms with Crippen LogP contribution in [0, 0.1) is 5.92 Å². The summed E-state index contributed by atoms with van der Waals surface area (Å²) in [4.78, 5) is 34.7. The van der Waals surface area contributed by atoms with E-state index in [0.717, 1.165) is 43.5 Å². The lowest BCUT2D eigenvalue weighted by atomic mass is 9.89. The number of piperidine rings is 1. The fraction of sp³-hybridized carbons (Fsp3) is 0.250. The Morgan fingerprint density at radius 1 is 0.788 bits per heavy atom. The Hall–Kier alpha value is -3.73. The van der Waals surface area contributed by atoms with E-state index in [0.29, 0.717) is 17.2 Å². The second-order valence-corrected chi connectivity index (χ2v) is 8.77. The van der Waals surface area contributed by atoms with Crippen molar-refractivity contribution >= 4 is 17.4 Å². The number of nitrogens with zero attached hydrogens (tertiary/aromatic N) is 3. The zero-order valence-electron chi connectivity index (χ0n) is 18.6. The molecule has 1 fully saturated rings.